The van der Waals surface area contributed by atoms with Crippen LogP contribution in [0, 0.1) is 0 Å². The Morgan fingerprint density at radius 2 is 1.62 bits per heavy atom. The minimum absolute atomic E-state index is 0.234. The lowest BCUT2D eigenvalue weighted by molar-refractivity contribution is -0.142. The first-order chi connectivity index (χ1) is 15.5. The smallest absolute Gasteiger partial charge is 0.261 e. The molecule has 5 nitrogen and oxygen atoms in total. The Hall–Kier alpha value is -2.83. The molecule has 3 aromatic carbocycles. The van der Waals surface area contributed by atoms with E-state index in [1.165, 1.54) is 0 Å². The molecular formula is C25H24BrClN2O3. The van der Waals surface area contributed by atoms with Crippen molar-refractivity contribution in [3.05, 3.63) is 99.5 Å². The molecule has 1 N–H and O–H groups in total. The zero-order valence-electron chi connectivity index (χ0n) is 17.6. The van der Waals surface area contributed by atoms with Crippen molar-refractivity contribution in [3.63, 3.8) is 0 Å². The summed E-state index contributed by atoms with van der Waals surface area (Å²) in [4.78, 5) is 27.7. The number of halogens is 2. The third kappa shape index (κ3) is 6.58. The molecule has 0 saturated heterocycles. The van der Waals surface area contributed by atoms with E-state index < -0.39 is 6.04 Å². The first-order valence-electron chi connectivity index (χ1n) is 10.1. The molecule has 0 bridgehead atoms. The van der Waals surface area contributed by atoms with E-state index in [0.29, 0.717) is 17.2 Å². The van der Waals surface area contributed by atoms with Gasteiger partial charge in [-0.25, -0.2) is 0 Å². The number of ether oxygens (including phenoxy) is 1. The van der Waals surface area contributed by atoms with Crippen molar-refractivity contribution >= 4 is 39.3 Å². The molecule has 0 saturated carbocycles. The predicted molar refractivity (Wildman–Crippen MR) is 130 cm³/mol. The molecule has 0 aliphatic carbocycles. The highest BCUT2D eigenvalue weighted by Gasteiger charge is 2.30. The highest BCUT2D eigenvalue weighted by Crippen LogP contribution is 2.23. The Balaban J connectivity index is 1.87. The summed E-state index contributed by atoms with van der Waals surface area (Å²) in [5.41, 5.74) is 1.86. The Morgan fingerprint density at radius 1 is 0.969 bits per heavy atom. The number of amides is 2. The summed E-state index contributed by atoms with van der Waals surface area (Å²) in [7, 11) is 1.57. The normalized spacial score (nSPS) is 11.5. The van der Waals surface area contributed by atoms with Crippen LogP contribution in [0.2, 0.25) is 5.02 Å². The van der Waals surface area contributed by atoms with E-state index in [-0.39, 0.29) is 25.0 Å². The number of nitrogens with one attached hydrogen (secondary N) is 1. The minimum Gasteiger partial charge on any atom is -0.482 e. The quantitative estimate of drug-likeness (QED) is 0.442. The molecule has 7 heteroatoms. The molecule has 3 rings (SSSR count). The Kier molecular flexibility index (Phi) is 8.71. The predicted octanol–water partition coefficient (Wildman–Crippen LogP) is 4.87. The van der Waals surface area contributed by atoms with E-state index >= 15 is 0 Å². The summed E-state index contributed by atoms with van der Waals surface area (Å²) in [5, 5.41) is 3.12. The number of likely N-dealkylation sites (N-methyl/N-ethyl adjacent to an activating group) is 1. The highest BCUT2D eigenvalue weighted by atomic mass is 79.9. The van der Waals surface area contributed by atoms with E-state index in [0.717, 1.165) is 15.6 Å². The van der Waals surface area contributed by atoms with Crippen LogP contribution in [-0.4, -0.2) is 36.4 Å². The summed E-state index contributed by atoms with van der Waals surface area (Å²) in [6.07, 6.45) is 0.384. The van der Waals surface area contributed by atoms with Gasteiger partial charge in [-0.3, -0.25) is 9.59 Å². The average molecular weight is 516 g/mol. The van der Waals surface area contributed by atoms with Crippen molar-refractivity contribution in [2.24, 2.45) is 0 Å². The van der Waals surface area contributed by atoms with Gasteiger partial charge < -0.3 is 15.0 Å². The van der Waals surface area contributed by atoms with Crippen LogP contribution in [0.4, 0.5) is 0 Å². The van der Waals surface area contributed by atoms with Gasteiger partial charge in [-0.15, -0.1) is 0 Å². The average Bonchev–Trinajstić information content (AvgIpc) is 2.82. The number of nitrogens with zero attached hydrogens (tertiary/aromatic N) is 1. The van der Waals surface area contributed by atoms with Gasteiger partial charge in [0.15, 0.2) is 6.61 Å². The second kappa shape index (κ2) is 11.7. The molecule has 0 fully saturated rings. The fraction of sp³-hybridized carbons (Fsp3) is 0.200. The summed E-state index contributed by atoms with van der Waals surface area (Å²) >= 11 is 9.58. The second-order valence-corrected chi connectivity index (χ2v) is 8.51. The summed E-state index contributed by atoms with van der Waals surface area (Å²) in [5.74, 6) is -0.125. The maximum absolute atomic E-state index is 13.3. The molecule has 166 valence electrons. The first kappa shape index (κ1) is 23.8. The molecule has 0 aliphatic heterocycles. The Labute approximate surface area is 201 Å². The Morgan fingerprint density at radius 3 is 2.28 bits per heavy atom. The molecule has 0 aliphatic rings. The molecule has 0 heterocycles. The zero-order valence-corrected chi connectivity index (χ0v) is 20.0. The monoisotopic (exact) mass is 514 g/mol. The van der Waals surface area contributed by atoms with Gasteiger partial charge in [0.1, 0.15) is 11.8 Å². The molecule has 2 amide bonds. The van der Waals surface area contributed by atoms with E-state index in [1.54, 1.807) is 36.2 Å². The van der Waals surface area contributed by atoms with E-state index in [4.69, 9.17) is 16.3 Å². The van der Waals surface area contributed by atoms with Crippen molar-refractivity contribution in [2.45, 2.75) is 19.0 Å². The fourth-order valence-corrected chi connectivity index (χ4v) is 3.75. The van der Waals surface area contributed by atoms with Gasteiger partial charge >= 0.3 is 0 Å². The number of benzene rings is 3. The molecule has 1 atom stereocenters. The second-order valence-electron chi connectivity index (χ2n) is 7.19. The third-order valence-corrected chi connectivity index (χ3v) is 5.81. The topological polar surface area (TPSA) is 58.6 Å². The van der Waals surface area contributed by atoms with Crippen molar-refractivity contribution in [1.29, 1.82) is 0 Å². The molecule has 32 heavy (non-hydrogen) atoms. The van der Waals surface area contributed by atoms with Crippen LogP contribution in [0.1, 0.15) is 11.1 Å². The lowest BCUT2D eigenvalue weighted by Gasteiger charge is -2.31. The Bertz CT molecular complexity index is 1040. The molecule has 3 aromatic rings. The van der Waals surface area contributed by atoms with Crippen molar-refractivity contribution < 1.29 is 14.3 Å². The maximum Gasteiger partial charge on any atom is 0.261 e. The van der Waals surface area contributed by atoms with Crippen molar-refractivity contribution in [1.82, 2.24) is 10.2 Å². The SMILES string of the molecule is CNC(=O)[C@@H](Cc1ccccc1)N(Cc1ccc(Br)cc1)C(=O)COc1ccccc1Cl. The fourth-order valence-electron chi connectivity index (χ4n) is 3.29. The van der Waals surface area contributed by atoms with Crippen LogP contribution in [-0.2, 0) is 22.6 Å². The molecule has 0 unspecified atom stereocenters. The summed E-state index contributed by atoms with van der Waals surface area (Å²) in [6, 6.07) is 23.6. The largest absolute Gasteiger partial charge is 0.482 e. The van der Waals surface area contributed by atoms with Crippen LogP contribution in [0.15, 0.2) is 83.3 Å². The number of carbonyl (C=O) groups is 2. The summed E-state index contributed by atoms with van der Waals surface area (Å²) < 4.78 is 6.63. The number of para-hydroxylation sites is 1. The van der Waals surface area contributed by atoms with Gasteiger partial charge in [0, 0.05) is 24.5 Å². The van der Waals surface area contributed by atoms with Gasteiger partial charge in [-0.2, -0.15) is 0 Å². The van der Waals surface area contributed by atoms with E-state index in [9.17, 15) is 9.59 Å². The lowest BCUT2D eigenvalue weighted by atomic mass is 10.0. The third-order valence-electron chi connectivity index (χ3n) is 4.97. The zero-order chi connectivity index (χ0) is 22.9. The minimum atomic E-state index is -0.701. The van der Waals surface area contributed by atoms with Gasteiger partial charge in [0.05, 0.1) is 5.02 Å². The molecule has 0 spiro atoms. The summed E-state index contributed by atoms with van der Waals surface area (Å²) in [6.45, 7) is 0.0332. The number of rotatable bonds is 9. The van der Waals surface area contributed by atoms with Gasteiger partial charge in [-0.05, 0) is 35.4 Å². The van der Waals surface area contributed by atoms with Crippen LogP contribution < -0.4 is 10.1 Å². The molecule has 0 radical (unpaired) electrons. The van der Waals surface area contributed by atoms with Crippen molar-refractivity contribution in [2.75, 3.05) is 13.7 Å². The number of carbonyl (C=O) groups excluding carboxylic acids is 2. The van der Waals surface area contributed by atoms with Crippen molar-refractivity contribution in [3.8, 4) is 5.75 Å². The van der Waals surface area contributed by atoms with Crippen LogP contribution >= 0.6 is 27.5 Å². The van der Waals surface area contributed by atoms with Crippen LogP contribution in [0.25, 0.3) is 0 Å². The lowest BCUT2D eigenvalue weighted by Crippen LogP contribution is -2.51. The van der Waals surface area contributed by atoms with Crippen LogP contribution in [0.3, 0.4) is 0 Å². The van der Waals surface area contributed by atoms with Gasteiger partial charge in [0.2, 0.25) is 5.91 Å². The van der Waals surface area contributed by atoms with Crippen LogP contribution in [0.5, 0.6) is 5.75 Å². The van der Waals surface area contributed by atoms with Gasteiger partial charge in [0.25, 0.3) is 5.91 Å². The maximum atomic E-state index is 13.3. The molecule has 0 aromatic heterocycles. The standard InChI is InChI=1S/C25H24BrClN2O3/c1-28-25(31)22(15-18-7-3-2-4-8-18)29(16-19-11-13-20(26)14-12-19)24(30)17-32-23-10-6-5-9-21(23)27/h2-14,22H,15-17H2,1H3,(H,28,31)/t22-/m1/s1. The number of hydrogen-bond donors (Lipinski definition) is 1. The van der Waals surface area contributed by atoms with E-state index in [1.807, 2.05) is 54.6 Å². The number of hydrogen-bond acceptors (Lipinski definition) is 3. The van der Waals surface area contributed by atoms with E-state index in [2.05, 4.69) is 21.2 Å². The highest BCUT2D eigenvalue weighted by molar-refractivity contribution is 9.10. The van der Waals surface area contributed by atoms with Gasteiger partial charge in [-0.1, -0.05) is 82.1 Å². The molecular weight excluding hydrogens is 492 g/mol. The first-order valence-corrected chi connectivity index (χ1v) is 11.3.